The molecule has 5 heterocycles. The van der Waals surface area contributed by atoms with Gasteiger partial charge >= 0.3 is 0 Å². The van der Waals surface area contributed by atoms with Crippen molar-refractivity contribution in [1.82, 2.24) is 19.1 Å². The summed E-state index contributed by atoms with van der Waals surface area (Å²) < 4.78 is 15.6. The van der Waals surface area contributed by atoms with E-state index in [0.29, 0.717) is 11.7 Å². The second-order valence-electron chi connectivity index (χ2n) is 12.0. The van der Waals surface area contributed by atoms with Crippen LogP contribution in [0.25, 0.3) is 55.1 Å². The molecule has 0 N–H and O–H groups in total. The third-order valence-electron chi connectivity index (χ3n) is 9.18. The van der Waals surface area contributed by atoms with Gasteiger partial charge in [-0.15, -0.1) is 9.36 Å². The molecule has 0 spiro atoms. The molecule has 8 rings (SSSR count). The third-order valence-corrected chi connectivity index (χ3v) is 9.18. The van der Waals surface area contributed by atoms with Crippen molar-refractivity contribution in [2.75, 3.05) is 0 Å². The number of pyridine rings is 3. The molecular weight excluding hydrogens is 544 g/mol. The highest BCUT2D eigenvalue weighted by Crippen LogP contribution is 2.39. The van der Waals surface area contributed by atoms with Crippen molar-refractivity contribution in [1.29, 1.82) is 0 Å². The molecule has 7 heteroatoms. The van der Waals surface area contributed by atoms with Gasteiger partial charge in [0.25, 0.3) is 5.65 Å². The van der Waals surface area contributed by atoms with E-state index in [-0.39, 0.29) is 0 Å². The molecule has 7 nitrogen and oxygen atoms in total. The van der Waals surface area contributed by atoms with Crippen LogP contribution in [-0.4, -0.2) is 19.1 Å². The van der Waals surface area contributed by atoms with Crippen molar-refractivity contribution in [2.24, 2.45) is 14.1 Å². The van der Waals surface area contributed by atoms with E-state index < -0.39 is 0 Å². The first kappa shape index (κ1) is 26.3. The fraction of sp³-hybridized carbons (Fsp3) is 0.189. The lowest BCUT2D eigenvalue weighted by atomic mass is 9.95. The van der Waals surface area contributed by atoms with Crippen molar-refractivity contribution < 1.29 is 14.0 Å². The molecule has 0 unspecified atom stereocenters. The van der Waals surface area contributed by atoms with E-state index in [4.69, 9.17) is 9.72 Å². The van der Waals surface area contributed by atoms with Crippen molar-refractivity contribution >= 4 is 49.4 Å². The van der Waals surface area contributed by atoms with E-state index in [1.54, 1.807) is 6.20 Å². The fourth-order valence-corrected chi connectivity index (χ4v) is 6.88. The highest BCUT2D eigenvalue weighted by Gasteiger charge is 2.28. The van der Waals surface area contributed by atoms with Crippen LogP contribution in [0.4, 0.5) is 0 Å². The Balaban J connectivity index is 1.38. The second-order valence-corrected chi connectivity index (χ2v) is 12.0. The molecule has 0 fully saturated rings. The van der Waals surface area contributed by atoms with E-state index in [9.17, 15) is 0 Å². The topological polar surface area (TPSA) is 52.1 Å². The quantitative estimate of drug-likeness (QED) is 0.163. The smallest absolute Gasteiger partial charge is 0.297 e. The molecule has 216 valence electrons. The molecule has 0 saturated carbocycles. The molecule has 5 aromatic heterocycles. The molecular formula is C37H34N6O+2. The lowest BCUT2D eigenvalue weighted by Gasteiger charge is -2.16. The minimum absolute atomic E-state index is 0.344. The van der Waals surface area contributed by atoms with Crippen LogP contribution in [0.1, 0.15) is 36.5 Å². The average Bonchev–Trinajstić information content (AvgIpc) is 3.53. The summed E-state index contributed by atoms with van der Waals surface area (Å²) >= 11 is 0. The van der Waals surface area contributed by atoms with Gasteiger partial charge in [-0.2, -0.15) is 4.40 Å². The molecule has 0 bridgehead atoms. The predicted octanol–water partition coefficient (Wildman–Crippen LogP) is 7.31. The number of fused-ring (bicyclic) bond motifs is 9. The zero-order chi connectivity index (χ0) is 30.3. The van der Waals surface area contributed by atoms with Crippen LogP contribution >= 0.6 is 0 Å². The number of rotatable bonds is 4. The first-order chi connectivity index (χ1) is 21.3. The molecule has 0 aliphatic heterocycles. The van der Waals surface area contributed by atoms with Crippen LogP contribution < -0.4 is 14.0 Å². The van der Waals surface area contributed by atoms with Gasteiger partial charge in [-0.05, 0) is 49.6 Å². The molecule has 3 aromatic carbocycles. The van der Waals surface area contributed by atoms with Crippen molar-refractivity contribution in [3.63, 3.8) is 0 Å². The minimum Gasteiger partial charge on any atom is -0.453 e. The molecule has 0 saturated heterocycles. The Bertz CT molecular complexity index is 2450. The monoisotopic (exact) mass is 578 g/mol. The van der Waals surface area contributed by atoms with Crippen molar-refractivity contribution in [3.05, 3.63) is 108 Å². The fourth-order valence-electron chi connectivity index (χ4n) is 6.88. The maximum Gasteiger partial charge on any atom is 0.297 e. The van der Waals surface area contributed by atoms with E-state index in [0.717, 1.165) is 50.1 Å². The van der Waals surface area contributed by atoms with E-state index >= 15 is 0 Å². The maximum atomic E-state index is 6.71. The molecule has 0 radical (unpaired) electrons. The predicted molar refractivity (Wildman–Crippen MR) is 175 cm³/mol. The van der Waals surface area contributed by atoms with Crippen molar-refractivity contribution in [2.45, 2.75) is 33.6 Å². The molecule has 0 amide bonds. The summed E-state index contributed by atoms with van der Waals surface area (Å²) in [6.07, 6.45) is 7.70. The highest BCUT2D eigenvalue weighted by molar-refractivity contribution is 6.13. The van der Waals surface area contributed by atoms with E-state index in [1.807, 2.05) is 12.4 Å². The van der Waals surface area contributed by atoms with Crippen LogP contribution in [0.3, 0.4) is 0 Å². The molecule has 0 aliphatic rings. The normalized spacial score (nSPS) is 12.1. The number of hydrogen-bond acceptors (Lipinski definition) is 3. The Labute approximate surface area is 255 Å². The molecule has 44 heavy (non-hydrogen) atoms. The van der Waals surface area contributed by atoms with Gasteiger partial charge in [-0.3, -0.25) is 9.97 Å². The third kappa shape index (κ3) is 3.62. The number of ether oxygens (including phenoxy) is 1. The lowest BCUT2D eigenvalue weighted by Crippen LogP contribution is -2.38. The van der Waals surface area contributed by atoms with E-state index in [2.05, 4.69) is 138 Å². The van der Waals surface area contributed by atoms with E-state index in [1.165, 1.54) is 27.4 Å². The molecule has 8 aromatic rings. The largest absolute Gasteiger partial charge is 0.453 e. The molecule has 0 atom stereocenters. The first-order valence-corrected chi connectivity index (χ1v) is 15.1. The standard InChI is InChI=1S/C37H34N6O/c1-22(2)26-13-11-17-30-35(26)36-34(37-40(5)28-15-9-10-16-29(28)43(30)37)24(4)33(20-39-36)44-32-19-38-18-31(23(32)3)42-21-25-12-7-8-14-27(25)41(42)6/h7-22H,1-6H3/q+2. The number of hydrogen-bond donors (Lipinski definition) is 0. The number of aryl methyl sites for hydroxylation is 3. The number of aromatic nitrogens is 6. The Kier molecular flexibility index (Phi) is 5.75. The van der Waals surface area contributed by atoms with Gasteiger partial charge in [-0.25, -0.2) is 4.57 Å². The summed E-state index contributed by atoms with van der Waals surface area (Å²) in [6, 6.07) is 23.6. The van der Waals surface area contributed by atoms with Crippen LogP contribution in [-0.2, 0) is 14.1 Å². The summed E-state index contributed by atoms with van der Waals surface area (Å²) in [7, 11) is 4.20. The van der Waals surface area contributed by atoms with Gasteiger partial charge < -0.3 is 4.74 Å². The van der Waals surface area contributed by atoms with Gasteiger partial charge in [0.05, 0.1) is 53.5 Å². The Hall–Kier alpha value is -5.30. The number of benzene rings is 3. The van der Waals surface area contributed by atoms with Gasteiger partial charge in [0.2, 0.25) is 5.52 Å². The van der Waals surface area contributed by atoms with Gasteiger partial charge in [0.15, 0.2) is 23.8 Å². The number of imidazole rings is 1. The summed E-state index contributed by atoms with van der Waals surface area (Å²) in [6.45, 7) is 8.73. The minimum atomic E-state index is 0.344. The zero-order valence-electron chi connectivity index (χ0n) is 25.8. The summed E-state index contributed by atoms with van der Waals surface area (Å²) in [4.78, 5) is 9.74. The maximum absolute atomic E-state index is 6.71. The van der Waals surface area contributed by atoms with Crippen LogP contribution in [0.5, 0.6) is 11.5 Å². The van der Waals surface area contributed by atoms with Gasteiger partial charge in [0.1, 0.15) is 17.0 Å². The lowest BCUT2D eigenvalue weighted by molar-refractivity contribution is -0.720. The second kappa shape index (κ2) is 9.61. The molecule has 0 aliphatic carbocycles. The van der Waals surface area contributed by atoms with Crippen LogP contribution in [0.2, 0.25) is 0 Å². The number of nitrogens with zero attached hydrogens (tertiary/aromatic N) is 6. The SMILES string of the molecule is Cc1c(Oc2cnc3c4c(C(C)C)cccc4n4c5ccccc5[n+](C)c4c3c2C)cncc1-n1cc2ccccc2[n+]1C. The summed E-state index contributed by atoms with van der Waals surface area (Å²) in [5, 5.41) is 3.44. The highest BCUT2D eigenvalue weighted by atomic mass is 16.5. The Morgan fingerprint density at radius 1 is 0.750 bits per heavy atom. The van der Waals surface area contributed by atoms with Crippen LogP contribution in [0.15, 0.2) is 91.5 Å². The summed E-state index contributed by atoms with van der Waals surface area (Å²) in [5.41, 5.74) is 11.0. The number of para-hydroxylation sites is 3. The van der Waals surface area contributed by atoms with Crippen molar-refractivity contribution in [3.8, 4) is 17.2 Å². The first-order valence-electron chi connectivity index (χ1n) is 15.1. The zero-order valence-corrected chi connectivity index (χ0v) is 25.8. The Morgan fingerprint density at radius 2 is 1.48 bits per heavy atom. The summed E-state index contributed by atoms with van der Waals surface area (Å²) in [5.74, 6) is 1.76. The van der Waals surface area contributed by atoms with Crippen LogP contribution in [0, 0.1) is 13.8 Å². The Morgan fingerprint density at radius 3 is 2.27 bits per heavy atom. The average molecular weight is 579 g/mol. The van der Waals surface area contributed by atoms with Gasteiger partial charge in [0, 0.05) is 17.2 Å². The van der Waals surface area contributed by atoms with Gasteiger partial charge in [-0.1, -0.05) is 50.2 Å².